The van der Waals surface area contributed by atoms with E-state index >= 15 is 0 Å². The normalized spacial score (nSPS) is 12.3. The van der Waals surface area contributed by atoms with Crippen LogP contribution in [0.15, 0.2) is 33.0 Å². The van der Waals surface area contributed by atoms with Crippen LogP contribution in [0.4, 0.5) is 5.69 Å². The SMILES string of the molecule is CCCn1ncc(NC(CC)c2cccs2)c(Br)c1=O. The van der Waals surface area contributed by atoms with Gasteiger partial charge in [0, 0.05) is 11.4 Å². The number of rotatable bonds is 6. The van der Waals surface area contributed by atoms with E-state index in [0.717, 1.165) is 18.5 Å². The molecule has 108 valence electrons. The number of thiophene rings is 1. The van der Waals surface area contributed by atoms with Crippen molar-refractivity contribution >= 4 is 33.0 Å². The third kappa shape index (κ3) is 3.30. The fourth-order valence-corrected chi connectivity index (χ4v) is 3.27. The quantitative estimate of drug-likeness (QED) is 0.850. The number of aromatic nitrogens is 2. The van der Waals surface area contributed by atoms with E-state index in [9.17, 15) is 4.79 Å². The van der Waals surface area contributed by atoms with Gasteiger partial charge in [0.2, 0.25) is 0 Å². The summed E-state index contributed by atoms with van der Waals surface area (Å²) in [5.74, 6) is 0. The Kier molecular flexibility index (Phi) is 5.37. The van der Waals surface area contributed by atoms with Crippen LogP contribution < -0.4 is 10.9 Å². The van der Waals surface area contributed by atoms with E-state index in [-0.39, 0.29) is 11.6 Å². The van der Waals surface area contributed by atoms with Gasteiger partial charge in [-0.15, -0.1) is 11.3 Å². The number of aryl methyl sites for hydroxylation is 1. The molecule has 6 heteroatoms. The summed E-state index contributed by atoms with van der Waals surface area (Å²) in [7, 11) is 0. The average molecular weight is 356 g/mol. The number of halogens is 1. The first-order valence-electron chi connectivity index (χ1n) is 6.72. The van der Waals surface area contributed by atoms with Crippen molar-refractivity contribution in [2.75, 3.05) is 5.32 Å². The maximum Gasteiger partial charge on any atom is 0.283 e. The van der Waals surface area contributed by atoms with Crippen molar-refractivity contribution in [2.45, 2.75) is 39.3 Å². The van der Waals surface area contributed by atoms with Crippen molar-refractivity contribution in [1.29, 1.82) is 0 Å². The maximum atomic E-state index is 12.2. The second kappa shape index (κ2) is 7.04. The molecule has 0 bridgehead atoms. The average Bonchev–Trinajstić information content (AvgIpc) is 2.97. The van der Waals surface area contributed by atoms with Crippen LogP contribution in [0.25, 0.3) is 0 Å². The Balaban J connectivity index is 2.25. The predicted molar refractivity (Wildman–Crippen MR) is 87.5 cm³/mol. The van der Waals surface area contributed by atoms with Crippen molar-refractivity contribution < 1.29 is 0 Å². The second-order valence-corrected chi connectivity index (χ2v) is 6.29. The van der Waals surface area contributed by atoms with E-state index < -0.39 is 0 Å². The van der Waals surface area contributed by atoms with Crippen LogP contribution in [0.3, 0.4) is 0 Å². The summed E-state index contributed by atoms with van der Waals surface area (Å²) in [4.78, 5) is 13.4. The second-order valence-electron chi connectivity index (χ2n) is 4.52. The summed E-state index contributed by atoms with van der Waals surface area (Å²) in [6.45, 7) is 4.79. The molecule has 0 saturated carbocycles. The van der Waals surface area contributed by atoms with Gasteiger partial charge in [0.05, 0.1) is 17.9 Å². The molecule has 1 unspecified atom stereocenters. The fourth-order valence-electron chi connectivity index (χ4n) is 1.99. The summed E-state index contributed by atoms with van der Waals surface area (Å²) in [6, 6.07) is 4.34. The third-order valence-electron chi connectivity index (χ3n) is 3.04. The molecule has 2 rings (SSSR count). The van der Waals surface area contributed by atoms with Crippen LogP contribution >= 0.6 is 27.3 Å². The van der Waals surface area contributed by atoms with Gasteiger partial charge in [0.25, 0.3) is 5.56 Å². The molecule has 0 saturated heterocycles. The van der Waals surface area contributed by atoms with Gasteiger partial charge in [-0.1, -0.05) is 19.9 Å². The molecule has 1 atom stereocenters. The summed E-state index contributed by atoms with van der Waals surface area (Å²) < 4.78 is 2.04. The largest absolute Gasteiger partial charge is 0.375 e. The summed E-state index contributed by atoms with van der Waals surface area (Å²) in [5, 5.41) is 9.67. The zero-order chi connectivity index (χ0) is 14.5. The molecule has 0 aliphatic rings. The van der Waals surface area contributed by atoms with Crippen LogP contribution in [-0.4, -0.2) is 9.78 Å². The standard InChI is InChI=1S/C14H18BrN3OS/c1-3-7-18-14(19)13(15)11(9-16-18)17-10(4-2)12-6-5-8-20-12/h5-6,8-10,17H,3-4,7H2,1-2H3. The van der Waals surface area contributed by atoms with E-state index in [1.54, 1.807) is 17.5 Å². The van der Waals surface area contributed by atoms with Crippen LogP contribution in [0, 0.1) is 0 Å². The summed E-state index contributed by atoms with van der Waals surface area (Å²) in [6.07, 6.45) is 3.56. The lowest BCUT2D eigenvalue weighted by atomic mass is 10.2. The van der Waals surface area contributed by atoms with Crippen LogP contribution in [0.1, 0.15) is 37.6 Å². The lowest BCUT2D eigenvalue weighted by Crippen LogP contribution is -2.25. The molecule has 2 aromatic heterocycles. The van der Waals surface area contributed by atoms with Crippen molar-refractivity contribution in [3.63, 3.8) is 0 Å². The Morgan fingerprint density at radius 2 is 2.30 bits per heavy atom. The molecule has 0 aliphatic heterocycles. The van der Waals surface area contributed by atoms with Gasteiger partial charge in [-0.05, 0) is 40.2 Å². The number of nitrogens with zero attached hydrogens (tertiary/aromatic N) is 2. The molecule has 2 heterocycles. The smallest absolute Gasteiger partial charge is 0.283 e. The van der Waals surface area contributed by atoms with Gasteiger partial charge in [-0.3, -0.25) is 4.79 Å². The lowest BCUT2D eigenvalue weighted by molar-refractivity contribution is 0.565. The zero-order valence-corrected chi connectivity index (χ0v) is 14.0. The lowest BCUT2D eigenvalue weighted by Gasteiger charge is -2.18. The first-order valence-corrected chi connectivity index (χ1v) is 8.40. The van der Waals surface area contributed by atoms with E-state index in [1.807, 2.05) is 13.0 Å². The molecule has 0 amide bonds. The first kappa shape index (κ1) is 15.3. The molecule has 0 aromatic carbocycles. The van der Waals surface area contributed by atoms with Crippen molar-refractivity contribution in [1.82, 2.24) is 9.78 Å². The molecular formula is C14H18BrN3OS. The summed E-state index contributed by atoms with van der Waals surface area (Å²) >= 11 is 5.10. The van der Waals surface area contributed by atoms with Crippen molar-refractivity contribution in [2.24, 2.45) is 0 Å². The molecule has 0 fully saturated rings. The van der Waals surface area contributed by atoms with Crippen LogP contribution in [-0.2, 0) is 6.54 Å². The highest BCUT2D eigenvalue weighted by Gasteiger charge is 2.14. The molecule has 20 heavy (non-hydrogen) atoms. The van der Waals surface area contributed by atoms with Crippen LogP contribution in [0.5, 0.6) is 0 Å². The maximum absolute atomic E-state index is 12.2. The Labute approximate surface area is 131 Å². The number of nitrogens with one attached hydrogen (secondary N) is 1. The Morgan fingerprint density at radius 1 is 1.50 bits per heavy atom. The highest BCUT2D eigenvalue weighted by molar-refractivity contribution is 9.10. The zero-order valence-electron chi connectivity index (χ0n) is 11.6. The molecule has 0 aliphatic carbocycles. The van der Waals surface area contributed by atoms with Crippen molar-refractivity contribution in [3.05, 3.63) is 43.4 Å². The molecule has 2 aromatic rings. The van der Waals surface area contributed by atoms with E-state index in [4.69, 9.17) is 0 Å². The highest BCUT2D eigenvalue weighted by Crippen LogP contribution is 2.28. The van der Waals surface area contributed by atoms with E-state index in [2.05, 4.69) is 44.7 Å². The van der Waals surface area contributed by atoms with Crippen LogP contribution in [0.2, 0.25) is 0 Å². The fraction of sp³-hybridized carbons (Fsp3) is 0.429. The minimum atomic E-state index is -0.0853. The minimum absolute atomic E-state index is 0.0853. The topological polar surface area (TPSA) is 46.9 Å². The number of hydrogen-bond acceptors (Lipinski definition) is 4. The molecule has 0 radical (unpaired) electrons. The van der Waals surface area contributed by atoms with Gasteiger partial charge in [0.15, 0.2) is 0 Å². The molecule has 4 nitrogen and oxygen atoms in total. The Bertz CT molecular complexity index is 609. The number of anilines is 1. The van der Waals surface area contributed by atoms with E-state index in [1.165, 1.54) is 9.56 Å². The Morgan fingerprint density at radius 3 is 2.90 bits per heavy atom. The van der Waals surface area contributed by atoms with Gasteiger partial charge < -0.3 is 5.32 Å². The van der Waals surface area contributed by atoms with Gasteiger partial charge >= 0.3 is 0 Å². The van der Waals surface area contributed by atoms with Gasteiger partial charge in [0.1, 0.15) is 4.47 Å². The number of hydrogen-bond donors (Lipinski definition) is 1. The molecule has 0 spiro atoms. The molecular weight excluding hydrogens is 338 g/mol. The van der Waals surface area contributed by atoms with Gasteiger partial charge in [-0.2, -0.15) is 5.10 Å². The monoisotopic (exact) mass is 355 g/mol. The van der Waals surface area contributed by atoms with Gasteiger partial charge in [-0.25, -0.2) is 4.68 Å². The minimum Gasteiger partial charge on any atom is -0.375 e. The molecule has 1 N–H and O–H groups in total. The van der Waals surface area contributed by atoms with Crippen molar-refractivity contribution in [3.8, 4) is 0 Å². The first-order chi connectivity index (χ1) is 9.67. The predicted octanol–water partition coefficient (Wildman–Crippen LogP) is 4.04. The Hall–Kier alpha value is -1.14. The summed E-state index contributed by atoms with van der Waals surface area (Å²) in [5.41, 5.74) is 0.667. The third-order valence-corrected chi connectivity index (χ3v) is 4.80. The highest BCUT2D eigenvalue weighted by atomic mass is 79.9. The van der Waals surface area contributed by atoms with E-state index in [0.29, 0.717) is 11.0 Å².